The van der Waals surface area contributed by atoms with Crippen molar-refractivity contribution < 1.29 is 17.9 Å². The maximum Gasteiger partial charge on any atom is 0.261 e. The highest BCUT2D eigenvalue weighted by molar-refractivity contribution is 7.92. The van der Waals surface area contributed by atoms with Gasteiger partial charge in [0.1, 0.15) is 23.1 Å². The Bertz CT molecular complexity index is 1680. The van der Waals surface area contributed by atoms with Crippen LogP contribution in [0.25, 0.3) is 0 Å². The summed E-state index contributed by atoms with van der Waals surface area (Å²) in [5, 5.41) is 6.42. The Balaban J connectivity index is 1.22. The molecule has 0 amide bonds. The van der Waals surface area contributed by atoms with E-state index in [2.05, 4.69) is 25.3 Å². The number of nitrogens with zero attached hydrogens (tertiary/aromatic N) is 2. The van der Waals surface area contributed by atoms with E-state index in [0.717, 1.165) is 17.1 Å². The Hall–Kier alpha value is -5.09. The SMILES string of the molecule is COc1ccc(Nc2cc(C)nc(Nc3ccc(NS(=O)(=O)c4ccc(Oc5ccccc5)cc4)cc3)n2)cc1. The molecule has 0 aliphatic rings. The second-order valence-electron chi connectivity index (χ2n) is 8.77. The van der Waals surface area contributed by atoms with Crippen LogP contribution in [0.15, 0.2) is 114 Å². The zero-order valence-corrected chi connectivity index (χ0v) is 22.6. The number of benzene rings is 4. The summed E-state index contributed by atoms with van der Waals surface area (Å²) in [4.78, 5) is 9.11. The number of para-hydroxylation sites is 1. The minimum absolute atomic E-state index is 0.125. The fourth-order valence-corrected chi connectivity index (χ4v) is 4.85. The molecule has 0 saturated carbocycles. The van der Waals surface area contributed by atoms with Crippen molar-refractivity contribution in [2.45, 2.75) is 11.8 Å². The Morgan fingerprint density at radius 1 is 0.650 bits per heavy atom. The van der Waals surface area contributed by atoms with Crippen molar-refractivity contribution in [3.05, 3.63) is 115 Å². The number of ether oxygens (including phenoxy) is 2. The molecule has 10 heteroatoms. The van der Waals surface area contributed by atoms with Crippen molar-refractivity contribution in [2.24, 2.45) is 0 Å². The van der Waals surface area contributed by atoms with E-state index in [1.807, 2.05) is 67.6 Å². The summed E-state index contributed by atoms with van der Waals surface area (Å²) in [6, 6.07) is 31.7. The molecule has 0 radical (unpaired) electrons. The van der Waals surface area contributed by atoms with E-state index in [1.165, 1.54) is 12.1 Å². The molecular formula is C30H27N5O4S. The number of hydrogen-bond acceptors (Lipinski definition) is 8. The fourth-order valence-electron chi connectivity index (χ4n) is 3.79. The summed E-state index contributed by atoms with van der Waals surface area (Å²) in [5.74, 6) is 3.02. The predicted molar refractivity (Wildman–Crippen MR) is 157 cm³/mol. The average molecular weight is 554 g/mol. The number of anilines is 5. The van der Waals surface area contributed by atoms with Gasteiger partial charge in [-0.15, -0.1) is 0 Å². The number of hydrogen-bond donors (Lipinski definition) is 3. The zero-order valence-electron chi connectivity index (χ0n) is 21.8. The molecule has 1 heterocycles. The van der Waals surface area contributed by atoms with Crippen molar-refractivity contribution in [1.29, 1.82) is 0 Å². The van der Waals surface area contributed by atoms with E-state index in [1.54, 1.807) is 43.5 Å². The van der Waals surface area contributed by atoms with Crippen LogP contribution in [0.2, 0.25) is 0 Å². The predicted octanol–water partition coefficient (Wildman–Crippen LogP) is 6.87. The van der Waals surface area contributed by atoms with Gasteiger partial charge in [0.25, 0.3) is 10.0 Å². The van der Waals surface area contributed by atoms with Crippen LogP contribution in [0.5, 0.6) is 17.2 Å². The summed E-state index contributed by atoms with van der Waals surface area (Å²) in [6.45, 7) is 1.88. The molecule has 5 rings (SSSR count). The average Bonchev–Trinajstić information content (AvgIpc) is 2.95. The molecule has 40 heavy (non-hydrogen) atoms. The summed E-state index contributed by atoms with van der Waals surface area (Å²) in [7, 11) is -2.16. The van der Waals surface area contributed by atoms with E-state index >= 15 is 0 Å². The lowest BCUT2D eigenvalue weighted by atomic mass is 10.3. The Labute approximate surface area is 232 Å². The van der Waals surface area contributed by atoms with Gasteiger partial charge < -0.3 is 20.1 Å². The molecule has 4 aromatic carbocycles. The molecule has 0 fully saturated rings. The number of sulfonamides is 1. The second kappa shape index (κ2) is 11.7. The first-order chi connectivity index (χ1) is 19.4. The molecule has 3 N–H and O–H groups in total. The van der Waals surface area contributed by atoms with Gasteiger partial charge in [0.05, 0.1) is 12.0 Å². The molecule has 0 atom stereocenters. The lowest BCUT2D eigenvalue weighted by Gasteiger charge is -2.12. The van der Waals surface area contributed by atoms with Crippen LogP contribution in [0.3, 0.4) is 0 Å². The Kier molecular flexibility index (Phi) is 7.79. The highest BCUT2D eigenvalue weighted by atomic mass is 32.2. The Morgan fingerprint density at radius 2 is 1.23 bits per heavy atom. The number of nitrogens with one attached hydrogen (secondary N) is 3. The monoisotopic (exact) mass is 553 g/mol. The number of methoxy groups -OCH3 is 1. The number of rotatable bonds is 10. The van der Waals surface area contributed by atoms with Gasteiger partial charge in [-0.3, -0.25) is 4.72 Å². The minimum Gasteiger partial charge on any atom is -0.497 e. The van der Waals surface area contributed by atoms with Crippen LogP contribution in [0.4, 0.5) is 28.8 Å². The molecule has 202 valence electrons. The second-order valence-corrected chi connectivity index (χ2v) is 10.4. The highest BCUT2D eigenvalue weighted by Crippen LogP contribution is 2.25. The first kappa shape index (κ1) is 26.5. The van der Waals surface area contributed by atoms with Crippen molar-refractivity contribution in [3.63, 3.8) is 0 Å². The van der Waals surface area contributed by atoms with E-state index in [9.17, 15) is 8.42 Å². The van der Waals surface area contributed by atoms with Crippen LogP contribution in [-0.4, -0.2) is 25.5 Å². The van der Waals surface area contributed by atoms with E-state index in [-0.39, 0.29) is 4.90 Å². The van der Waals surface area contributed by atoms with Gasteiger partial charge in [-0.2, -0.15) is 4.98 Å². The first-order valence-corrected chi connectivity index (χ1v) is 13.8. The van der Waals surface area contributed by atoms with E-state index < -0.39 is 10.0 Å². The topological polar surface area (TPSA) is 114 Å². The van der Waals surface area contributed by atoms with Crippen LogP contribution in [0.1, 0.15) is 5.69 Å². The van der Waals surface area contributed by atoms with Gasteiger partial charge in [-0.25, -0.2) is 13.4 Å². The summed E-state index contributed by atoms with van der Waals surface area (Å²) >= 11 is 0. The minimum atomic E-state index is -3.79. The molecule has 9 nitrogen and oxygen atoms in total. The van der Waals surface area contributed by atoms with Crippen LogP contribution < -0.4 is 24.8 Å². The van der Waals surface area contributed by atoms with Crippen molar-refractivity contribution in [3.8, 4) is 17.2 Å². The molecule has 0 bridgehead atoms. The van der Waals surface area contributed by atoms with Crippen LogP contribution >= 0.6 is 0 Å². The molecule has 0 aliphatic heterocycles. The first-order valence-electron chi connectivity index (χ1n) is 12.4. The Morgan fingerprint density at radius 3 is 1.90 bits per heavy atom. The normalized spacial score (nSPS) is 10.9. The lowest BCUT2D eigenvalue weighted by molar-refractivity contribution is 0.415. The highest BCUT2D eigenvalue weighted by Gasteiger charge is 2.14. The van der Waals surface area contributed by atoms with Gasteiger partial charge in [0, 0.05) is 28.8 Å². The standard InChI is InChI=1S/C30H27N5O4S/c1-21-20-29(32-22-12-14-25(38-2)15-13-22)34-30(31-21)33-23-8-10-24(11-9-23)35-40(36,37)28-18-16-27(17-19-28)39-26-6-4-3-5-7-26/h3-20,35H,1-2H3,(H2,31,32,33,34). The lowest BCUT2D eigenvalue weighted by Crippen LogP contribution is -2.12. The third-order valence-corrected chi connectivity index (χ3v) is 7.12. The third kappa shape index (κ3) is 6.86. The van der Waals surface area contributed by atoms with Gasteiger partial charge in [-0.05, 0) is 91.9 Å². The van der Waals surface area contributed by atoms with Gasteiger partial charge in [-0.1, -0.05) is 18.2 Å². The largest absolute Gasteiger partial charge is 0.497 e. The molecule has 1 aromatic heterocycles. The van der Waals surface area contributed by atoms with E-state index in [4.69, 9.17) is 9.47 Å². The molecule has 0 unspecified atom stereocenters. The number of aromatic nitrogens is 2. The van der Waals surface area contributed by atoms with Crippen LogP contribution in [-0.2, 0) is 10.0 Å². The molecule has 5 aromatic rings. The molecular weight excluding hydrogens is 526 g/mol. The van der Waals surface area contributed by atoms with Crippen molar-refractivity contribution in [2.75, 3.05) is 22.5 Å². The van der Waals surface area contributed by atoms with Crippen LogP contribution in [0, 0.1) is 6.92 Å². The fraction of sp³-hybridized carbons (Fsp3) is 0.0667. The third-order valence-electron chi connectivity index (χ3n) is 5.72. The maximum atomic E-state index is 12.9. The van der Waals surface area contributed by atoms with E-state index in [0.29, 0.717) is 34.6 Å². The zero-order chi connectivity index (χ0) is 28.0. The molecule has 0 saturated heterocycles. The summed E-state index contributed by atoms with van der Waals surface area (Å²) < 4.78 is 39.4. The van der Waals surface area contributed by atoms with Gasteiger partial charge in [0.2, 0.25) is 5.95 Å². The van der Waals surface area contributed by atoms with Crippen molar-refractivity contribution in [1.82, 2.24) is 9.97 Å². The van der Waals surface area contributed by atoms with Crippen molar-refractivity contribution >= 4 is 38.9 Å². The van der Waals surface area contributed by atoms with Gasteiger partial charge in [0.15, 0.2) is 0 Å². The molecule has 0 spiro atoms. The summed E-state index contributed by atoms with van der Waals surface area (Å²) in [6.07, 6.45) is 0. The smallest absolute Gasteiger partial charge is 0.261 e. The number of aryl methyl sites for hydroxylation is 1. The maximum absolute atomic E-state index is 12.9. The summed E-state index contributed by atoms with van der Waals surface area (Å²) in [5.41, 5.74) is 2.76. The van der Waals surface area contributed by atoms with Gasteiger partial charge >= 0.3 is 0 Å². The quantitative estimate of drug-likeness (QED) is 0.172. The molecule has 0 aliphatic carbocycles.